The first-order valence-electron chi connectivity index (χ1n) is 8.69. The summed E-state index contributed by atoms with van der Waals surface area (Å²) in [6.45, 7) is 5.92. The molecule has 23 heavy (non-hydrogen) atoms. The van der Waals surface area contributed by atoms with Gasteiger partial charge in [0.1, 0.15) is 6.04 Å². The molecule has 2 N–H and O–H groups in total. The average molecular weight is 339 g/mol. The summed E-state index contributed by atoms with van der Waals surface area (Å²) in [6, 6.07) is -2.15. The molecular weight excluding hydrogens is 307 g/mol. The number of carbonyl (C=O) groups excluding carboxylic acids is 1. The highest BCUT2D eigenvalue weighted by atomic mass is 19.4. The van der Waals surface area contributed by atoms with Gasteiger partial charge in [-0.05, 0) is 12.3 Å². The SMILES string of the molecule is CCCCCCCCC[C@H](C(=O)OCC(C)C)[C@H](N)C(F)(F)F. The molecule has 3 nitrogen and oxygen atoms in total. The summed E-state index contributed by atoms with van der Waals surface area (Å²) in [6.07, 6.45) is 2.50. The highest BCUT2D eigenvalue weighted by Gasteiger charge is 2.45. The Kier molecular flexibility index (Phi) is 11.3. The van der Waals surface area contributed by atoms with Crippen molar-refractivity contribution in [2.75, 3.05) is 6.61 Å². The highest BCUT2D eigenvalue weighted by molar-refractivity contribution is 5.73. The maximum Gasteiger partial charge on any atom is 0.404 e. The topological polar surface area (TPSA) is 52.3 Å². The molecule has 6 heteroatoms. The summed E-state index contributed by atoms with van der Waals surface area (Å²) in [4.78, 5) is 11.9. The predicted octanol–water partition coefficient (Wildman–Crippen LogP) is 4.83. The van der Waals surface area contributed by atoms with E-state index in [0.29, 0.717) is 6.42 Å². The number of hydrogen-bond donors (Lipinski definition) is 1. The van der Waals surface area contributed by atoms with Gasteiger partial charge in [0.15, 0.2) is 0 Å². The molecule has 0 aliphatic heterocycles. The molecule has 0 amide bonds. The van der Waals surface area contributed by atoms with Gasteiger partial charge in [0.05, 0.1) is 12.5 Å². The van der Waals surface area contributed by atoms with E-state index >= 15 is 0 Å². The second kappa shape index (κ2) is 11.7. The summed E-state index contributed by atoms with van der Waals surface area (Å²) in [5.41, 5.74) is 5.26. The molecule has 0 aromatic carbocycles. The largest absolute Gasteiger partial charge is 0.465 e. The van der Waals surface area contributed by atoms with E-state index in [4.69, 9.17) is 10.5 Å². The molecule has 0 saturated carbocycles. The predicted molar refractivity (Wildman–Crippen MR) is 85.9 cm³/mol. The van der Waals surface area contributed by atoms with Gasteiger partial charge in [-0.25, -0.2) is 0 Å². The number of halogens is 3. The molecule has 0 saturated heterocycles. The molecule has 0 rings (SSSR count). The van der Waals surface area contributed by atoms with E-state index in [0.717, 1.165) is 32.1 Å². The molecule has 0 aromatic rings. The van der Waals surface area contributed by atoms with E-state index < -0.39 is 24.1 Å². The van der Waals surface area contributed by atoms with E-state index in [9.17, 15) is 18.0 Å². The van der Waals surface area contributed by atoms with Gasteiger partial charge in [-0.2, -0.15) is 13.2 Å². The van der Waals surface area contributed by atoms with E-state index in [1.807, 2.05) is 13.8 Å². The van der Waals surface area contributed by atoms with Crippen LogP contribution in [0.2, 0.25) is 0 Å². The molecule has 0 aromatic heterocycles. The summed E-state index contributed by atoms with van der Waals surface area (Å²) < 4.78 is 43.5. The van der Waals surface area contributed by atoms with Crippen molar-refractivity contribution in [3.05, 3.63) is 0 Å². The number of esters is 1. The summed E-state index contributed by atoms with van der Waals surface area (Å²) >= 11 is 0. The molecule has 2 atom stereocenters. The van der Waals surface area contributed by atoms with E-state index in [2.05, 4.69) is 6.92 Å². The van der Waals surface area contributed by atoms with Crippen molar-refractivity contribution in [1.29, 1.82) is 0 Å². The maximum absolute atomic E-state index is 12.8. The Morgan fingerprint density at radius 3 is 2.04 bits per heavy atom. The second-order valence-corrected chi connectivity index (χ2v) is 6.61. The molecule has 0 radical (unpaired) electrons. The first-order valence-corrected chi connectivity index (χ1v) is 8.69. The molecule has 0 heterocycles. The number of ether oxygens (including phenoxy) is 1. The van der Waals surface area contributed by atoms with Crippen LogP contribution in [0, 0.1) is 11.8 Å². The number of rotatable bonds is 12. The van der Waals surface area contributed by atoms with Crippen molar-refractivity contribution in [2.45, 2.75) is 84.4 Å². The Bertz CT molecular complexity index is 319. The number of carbonyl (C=O) groups is 1. The third-order valence-corrected chi connectivity index (χ3v) is 3.79. The van der Waals surface area contributed by atoms with Gasteiger partial charge in [0, 0.05) is 0 Å². The fraction of sp³-hybridized carbons (Fsp3) is 0.941. The van der Waals surface area contributed by atoms with Crippen LogP contribution >= 0.6 is 0 Å². The van der Waals surface area contributed by atoms with E-state index in [-0.39, 0.29) is 18.9 Å². The third-order valence-electron chi connectivity index (χ3n) is 3.79. The zero-order valence-electron chi connectivity index (χ0n) is 14.6. The average Bonchev–Trinajstić information content (AvgIpc) is 2.46. The molecular formula is C17H32F3NO2. The molecule has 0 spiro atoms. The van der Waals surface area contributed by atoms with Crippen LogP contribution in [0.5, 0.6) is 0 Å². The Balaban J connectivity index is 4.36. The van der Waals surface area contributed by atoms with Gasteiger partial charge in [0.25, 0.3) is 0 Å². The van der Waals surface area contributed by atoms with Crippen molar-refractivity contribution in [2.24, 2.45) is 17.6 Å². The van der Waals surface area contributed by atoms with Crippen molar-refractivity contribution in [3.8, 4) is 0 Å². The molecule has 0 aliphatic rings. The Morgan fingerprint density at radius 1 is 1.04 bits per heavy atom. The fourth-order valence-corrected chi connectivity index (χ4v) is 2.35. The van der Waals surface area contributed by atoms with Crippen LogP contribution in [-0.2, 0) is 9.53 Å². The van der Waals surface area contributed by atoms with Crippen LogP contribution in [0.3, 0.4) is 0 Å². The van der Waals surface area contributed by atoms with Crippen LogP contribution in [0.4, 0.5) is 13.2 Å². The van der Waals surface area contributed by atoms with Gasteiger partial charge >= 0.3 is 12.1 Å². The fourth-order valence-electron chi connectivity index (χ4n) is 2.35. The summed E-state index contributed by atoms with van der Waals surface area (Å²) in [5, 5.41) is 0. The lowest BCUT2D eigenvalue weighted by molar-refractivity contribution is -0.177. The first kappa shape index (κ1) is 22.2. The standard InChI is InChI=1S/C17H32F3NO2/c1-4-5-6-7-8-9-10-11-14(15(21)17(18,19)20)16(22)23-12-13(2)3/h13-15H,4-12,21H2,1-3H3/t14-,15-/m0/s1. The van der Waals surface area contributed by atoms with Gasteiger partial charge < -0.3 is 10.5 Å². The van der Waals surface area contributed by atoms with Gasteiger partial charge in [-0.3, -0.25) is 4.79 Å². The van der Waals surface area contributed by atoms with Crippen LogP contribution in [0.1, 0.15) is 72.1 Å². The third kappa shape index (κ3) is 10.6. The molecule has 0 fully saturated rings. The summed E-state index contributed by atoms with van der Waals surface area (Å²) in [5.74, 6) is -2.04. The number of hydrogen-bond acceptors (Lipinski definition) is 3. The minimum atomic E-state index is -4.58. The minimum absolute atomic E-state index is 0.0836. The zero-order chi connectivity index (χ0) is 17.9. The van der Waals surface area contributed by atoms with Crippen LogP contribution in [0.25, 0.3) is 0 Å². The highest BCUT2D eigenvalue weighted by Crippen LogP contribution is 2.28. The monoisotopic (exact) mass is 339 g/mol. The van der Waals surface area contributed by atoms with Crippen molar-refractivity contribution in [1.82, 2.24) is 0 Å². The van der Waals surface area contributed by atoms with Crippen LogP contribution < -0.4 is 5.73 Å². The zero-order valence-corrected chi connectivity index (χ0v) is 14.6. The maximum atomic E-state index is 12.8. The van der Waals surface area contributed by atoms with Crippen molar-refractivity contribution >= 4 is 5.97 Å². The quantitative estimate of drug-likeness (QED) is 0.409. The van der Waals surface area contributed by atoms with E-state index in [1.54, 1.807) is 0 Å². The minimum Gasteiger partial charge on any atom is -0.465 e. The van der Waals surface area contributed by atoms with Crippen LogP contribution in [0.15, 0.2) is 0 Å². The lowest BCUT2D eigenvalue weighted by atomic mass is 9.93. The molecule has 0 unspecified atom stereocenters. The normalized spacial score (nSPS) is 14.8. The van der Waals surface area contributed by atoms with Gasteiger partial charge in [-0.1, -0.05) is 65.7 Å². The van der Waals surface area contributed by atoms with Gasteiger partial charge in [-0.15, -0.1) is 0 Å². The van der Waals surface area contributed by atoms with Gasteiger partial charge in [0.2, 0.25) is 0 Å². The second-order valence-electron chi connectivity index (χ2n) is 6.61. The Hall–Kier alpha value is -0.780. The number of nitrogens with two attached hydrogens (primary N) is 1. The van der Waals surface area contributed by atoms with Crippen molar-refractivity contribution in [3.63, 3.8) is 0 Å². The summed E-state index contributed by atoms with van der Waals surface area (Å²) in [7, 11) is 0. The Morgan fingerprint density at radius 2 is 1.57 bits per heavy atom. The Labute approximate surface area is 138 Å². The molecule has 0 aliphatic carbocycles. The molecule has 0 bridgehead atoms. The lowest BCUT2D eigenvalue weighted by Gasteiger charge is -2.24. The first-order chi connectivity index (χ1) is 10.7. The van der Waals surface area contributed by atoms with Crippen LogP contribution in [-0.4, -0.2) is 24.8 Å². The lowest BCUT2D eigenvalue weighted by Crippen LogP contribution is -2.47. The molecule has 138 valence electrons. The number of unbranched alkanes of at least 4 members (excludes halogenated alkanes) is 6. The van der Waals surface area contributed by atoms with E-state index in [1.165, 1.54) is 6.42 Å². The number of alkyl halides is 3. The smallest absolute Gasteiger partial charge is 0.404 e. The van der Waals surface area contributed by atoms with Crippen molar-refractivity contribution < 1.29 is 22.7 Å².